The zero-order chi connectivity index (χ0) is 14.5. The molecule has 106 valence electrons. The Morgan fingerprint density at radius 2 is 2.15 bits per heavy atom. The molecule has 0 amide bonds. The molecule has 4 heteroatoms. The maximum atomic E-state index is 6.22. The highest BCUT2D eigenvalue weighted by Crippen LogP contribution is 2.29. The van der Waals surface area contributed by atoms with Crippen molar-refractivity contribution in [2.24, 2.45) is 5.73 Å². The first-order valence-corrected chi connectivity index (χ1v) is 7.49. The third kappa shape index (κ3) is 3.58. The lowest BCUT2D eigenvalue weighted by Crippen LogP contribution is -2.31. The molecule has 2 unspecified atom stereocenters. The fourth-order valence-electron chi connectivity index (χ4n) is 2.04. The van der Waals surface area contributed by atoms with Gasteiger partial charge in [0.2, 0.25) is 0 Å². The van der Waals surface area contributed by atoms with Crippen LogP contribution in [0.3, 0.4) is 0 Å². The van der Waals surface area contributed by atoms with Crippen molar-refractivity contribution in [3.05, 3.63) is 58.3 Å². The Labute approximate surface area is 128 Å². The second-order valence-corrected chi connectivity index (χ2v) is 5.72. The van der Waals surface area contributed by atoms with Crippen LogP contribution in [-0.2, 0) is 0 Å². The average Bonchev–Trinajstić information content (AvgIpc) is 2.46. The third-order valence-electron chi connectivity index (χ3n) is 3.26. The molecule has 0 aliphatic rings. The van der Waals surface area contributed by atoms with Crippen LogP contribution in [0.15, 0.2) is 47.2 Å². The highest BCUT2D eigenvalue weighted by atomic mass is 79.9. The molecule has 1 aromatic heterocycles. The summed E-state index contributed by atoms with van der Waals surface area (Å²) in [5, 5.41) is 0. The van der Waals surface area contributed by atoms with Crippen LogP contribution >= 0.6 is 15.9 Å². The second-order valence-electron chi connectivity index (χ2n) is 4.81. The molecule has 0 aliphatic carbocycles. The van der Waals surface area contributed by atoms with E-state index in [4.69, 9.17) is 10.5 Å². The van der Waals surface area contributed by atoms with Gasteiger partial charge in [0.15, 0.2) is 0 Å². The molecule has 3 nitrogen and oxygen atoms in total. The van der Waals surface area contributed by atoms with Gasteiger partial charge < -0.3 is 10.5 Å². The van der Waals surface area contributed by atoms with E-state index in [0.717, 1.165) is 27.8 Å². The summed E-state index contributed by atoms with van der Waals surface area (Å²) in [5.41, 5.74) is 8.30. The number of nitrogens with two attached hydrogens (primary N) is 1. The number of nitrogens with zero attached hydrogens (tertiary/aromatic N) is 1. The first-order valence-electron chi connectivity index (χ1n) is 6.70. The molecule has 2 atom stereocenters. The highest BCUT2D eigenvalue weighted by Gasteiger charge is 2.21. The summed E-state index contributed by atoms with van der Waals surface area (Å²) < 4.78 is 7.19. The maximum Gasteiger partial charge on any atom is 0.140 e. The summed E-state index contributed by atoms with van der Waals surface area (Å²) in [7, 11) is 0. The molecule has 2 rings (SSSR count). The molecular formula is C16H19BrN2O. The van der Waals surface area contributed by atoms with E-state index in [1.807, 2.05) is 43.5 Å². The summed E-state index contributed by atoms with van der Waals surface area (Å²) in [6.07, 6.45) is 4.22. The van der Waals surface area contributed by atoms with Crippen LogP contribution in [0, 0.1) is 6.92 Å². The van der Waals surface area contributed by atoms with Crippen LogP contribution in [0.4, 0.5) is 0 Å². The normalized spacial score (nSPS) is 13.8. The fraction of sp³-hybridized carbons (Fsp3) is 0.312. The number of aromatic nitrogens is 1. The number of hydrogen-bond acceptors (Lipinski definition) is 3. The van der Waals surface area contributed by atoms with Crippen LogP contribution in [-0.4, -0.2) is 11.0 Å². The number of aryl methyl sites for hydroxylation is 1. The minimum Gasteiger partial charge on any atom is -0.484 e. The zero-order valence-corrected chi connectivity index (χ0v) is 13.3. The SMILES string of the molecule is CCC(N)C(Oc1ccc(Br)cc1C)c1cccnc1. The first-order chi connectivity index (χ1) is 9.61. The van der Waals surface area contributed by atoms with E-state index in [0.29, 0.717) is 0 Å². The summed E-state index contributed by atoms with van der Waals surface area (Å²) in [4.78, 5) is 4.16. The Balaban J connectivity index is 2.29. The van der Waals surface area contributed by atoms with Crippen molar-refractivity contribution in [1.29, 1.82) is 0 Å². The van der Waals surface area contributed by atoms with Gasteiger partial charge in [0.25, 0.3) is 0 Å². The van der Waals surface area contributed by atoms with Crippen molar-refractivity contribution in [3.63, 3.8) is 0 Å². The second kappa shape index (κ2) is 6.86. The molecular weight excluding hydrogens is 316 g/mol. The Kier molecular flexibility index (Phi) is 5.15. The van der Waals surface area contributed by atoms with Crippen molar-refractivity contribution >= 4 is 15.9 Å². The molecule has 0 fully saturated rings. The minimum absolute atomic E-state index is 0.0674. The van der Waals surface area contributed by atoms with Crippen molar-refractivity contribution in [1.82, 2.24) is 4.98 Å². The molecule has 2 aromatic rings. The molecule has 0 spiro atoms. The van der Waals surface area contributed by atoms with Crippen LogP contribution in [0.5, 0.6) is 5.75 Å². The fourth-order valence-corrected chi connectivity index (χ4v) is 2.52. The molecule has 1 heterocycles. The van der Waals surface area contributed by atoms with Gasteiger partial charge in [-0.2, -0.15) is 0 Å². The number of ether oxygens (including phenoxy) is 1. The summed E-state index contributed by atoms with van der Waals surface area (Å²) in [6, 6.07) is 9.81. The smallest absolute Gasteiger partial charge is 0.140 e. The Bertz CT molecular complexity index is 560. The zero-order valence-electron chi connectivity index (χ0n) is 11.7. The van der Waals surface area contributed by atoms with Crippen molar-refractivity contribution < 1.29 is 4.74 Å². The van der Waals surface area contributed by atoms with E-state index < -0.39 is 0 Å². The van der Waals surface area contributed by atoms with Crippen LogP contribution in [0.25, 0.3) is 0 Å². The van der Waals surface area contributed by atoms with E-state index in [-0.39, 0.29) is 12.1 Å². The van der Waals surface area contributed by atoms with Gasteiger partial charge in [-0.25, -0.2) is 0 Å². The Morgan fingerprint density at radius 3 is 2.75 bits per heavy atom. The van der Waals surface area contributed by atoms with E-state index >= 15 is 0 Å². The highest BCUT2D eigenvalue weighted by molar-refractivity contribution is 9.10. The molecule has 0 saturated heterocycles. The number of benzene rings is 1. The molecule has 0 bridgehead atoms. The van der Waals surface area contributed by atoms with Gasteiger partial charge in [0, 0.05) is 28.5 Å². The van der Waals surface area contributed by atoms with Gasteiger partial charge in [-0.1, -0.05) is 28.9 Å². The van der Waals surface area contributed by atoms with Crippen molar-refractivity contribution in [2.45, 2.75) is 32.4 Å². The van der Waals surface area contributed by atoms with E-state index in [2.05, 4.69) is 27.8 Å². The number of pyridine rings is 1. The standard InChI is InChI=1S/C16H19BrN2O/c1-3-14(18)16(12-5-4-8-19-10-12)20-15-7-6-13(17)9-11(15)2/h4-10,14,16H,3,18H2,1-2H3. The van der Waals surface area contributed by atoms with Gasteiger partial charge in [0.05, 0.1) is 0 Å². The predicted molar refractivity (Wildman–Crippen MR) is 84.8 cm³/mol. The van der Waals surface area contributed by atoms with Gasteiger partial charge in [-0.3, -0.25) is 4.98 Å². The van der Waals surface area contributed by atoms with Gasteiger partial charge in [0.1, 0.15) is 11.9 Å². The Hall–Kier alpha value is -1.39. The van der Waals surface area contributed by atoms with Crippen LogP contribution < -0.4 is 10.5 Å². The molecule has 2 N–H and O–H groups in total. The molecule has 0 aliphatic heterocycles. The summed E-state index contributed by atoms with van der Waals surface area (Å²) in [5.74, 6) is 0.853. The first kappa shape index (κ1) is 15.0. The van der Waals surface area contributed by atoms with Crippen molar-refractivity contribution in [2.75, 3.05) is 0 Å². The summed E-state index contributed by atoms with van der Waals surface area (Å²) >= 11 is 3.46. The average molecular weight is 335 g/mol. The lowest BCUT2D eigenvalue weighted by molar-refractivity contribution is 0.169. The maximum absolute atomic E-state index is 6.22. The number of hydrogen-bond donors (Lipinski definition) is 1. The van der Waals surface area contributed by atoms with Gasteiger partial charge in [-0.05, 0) is 43.2 Å². The van der Waals surface area contributed by atoms with Gasteiger partial charge in [-0.15, -0.1) is 0 Å². The lowest BCUT2D eigenvalue weighted by Gasteiger charge is -2.25. The quantitative estimate of drug-likeness (QED) is 0.898. The number of rotatable bonds is 5. The van der Waals surface area contributed by atoms with Crippen molar-refractivity contribution in [3.8, 4) is 5.75 Å². The van der Waals surface area contributed by atoms with E-state index in [1.54, 1.807) is 6.20 Å². The topological polar surface area (TPSA) is 48.1 Å². The molecule has 1 aromatic carbocycles. The van der Waals surface area contributed by atoms with Crippen LogP contribution in [0.2, 0.25) is 0 Å². The van der Waals surface area contributed by atoms with E-state index in [1.165, 1.54) is 0 Å². The number of halogens is 1. The largest absolute Gasteiger partial charge is 0.484 e. The molecule has 0 radical (unpaired) electrons. The molecule has 0 saturated carbocycles. The monoisotopic (exact) mass is 334 g/mol. The van der Waals surface area contributed by atoms with Crippen LogP contribution in [0.1, 0.15) is 30.6 Å². The Morgan fingerprint density at radius 1 is 1.35 bits per heavy atom. The lowest BCUT2D eigenvalue weighted by atomic mass is 10.0. The third-order valence-corrected chi connectivity index (χ3v) is 3.76. The molecule has 20 heavy (non-hydrogen) atoms. The summed E-state index contributed by atoms with van der Waals surface area (Å²) in [6.45, 7) is 4.09. The van der Waals surface area contributed by atoms with Gasteiger partial charge >= 0.3 is 0 Å². The predicted octanol–water partition coefficient (Wildman–Crippen LogP) is 4.01. The minimum atomic E-state index is -0.187. The van der Waals surface area contributed by atoms with E-state index in [9.17, 15) is 0 Å².